The first-order valence-electron chi connectivity index (χ1n) is 5.47. The molecule has 1 fully saturated rings. The molecule has 0 radical (unpaired) electrons. The lowest BCUT2D eigenvalue weighted by atomic mass is 10.1. The van der Waals surface area contributed by atoms with Crippen LogP contribution < -0.4 is 0 Å². The third-order valence-electron chi connectivity index (χ3n) is 2.89. The van der Waals surface area contributed by atoms with Crippen molar-refractivity contribution in [3.8, 4) is 17.5 Å². The fourth-order valence-corrected chi connectivity index (χ4v) is 2.15. The van der Waals surface area contributed by atoms with Crippen LogP contribution in [0.5, 0.6) is 0 Å². The lowest BCUT2D eigenvalue weighted by molar-refractivity contribution is 0.735. The molecule has 0 spiro atoms. The third kappa shape index (κ3) is 1.77. The standard InChI is InChI=1S/C12H10N4S/c13-7-8-1-3-9(4-2-8)11-14-15-12(17)16(11)10-5-6-10/h1-4,10H,5-6H2,(H,15,17). The van der Waals surface area contributed by atoms with Crippen molar-refractivity contribution in [2.24, 2.45) is 0 Å². The molecular formula is C12H10N4S. The maximum atomic E-state index is 8.76. The number of H-pyrrole nitrogens is 1. The van der Waals surface area contributed by atoms with Gasteiger partial charge >= 0.3 is 0 Å². The van der Waals surface area contributed by atoms with Crippen LogP contribution in [0.4, 0.5) is 0 Å². The van der Waals surface area contributed by atoms with Gasteiger partial charge in [-0.1, -0.05) is 0 Å². The maximum absolute atomic E-state index is 8.76. The van der Waals surface area contributed by atoms with Crippen LogP contribution >= 0.6 is 12.2 Å². The van der Waals surface area contributed by atoms with Gasteiger partial charge < -0.3 is 0 Å². The largest absolute Gasteiger partial charge is 0.297 e. The Morgan fingerprint density at radius 3 is 2.65 bits per heavy atom. The summed E-state index contributed by atoms with van der Waals surface area (Å²) in [4.78, 5) is 0. The second-order valence-corrected chi connectivity index (χ2v) is 4.53. The molecule has 1 N–H and O–H groups in total. The Hall–Kier alpha value is -1.93. The Balaban J connectivity index is 2.09. The van der Waals surface area contributed by atoms with Crippen molar-refractivity contribution in [3.63, 3.8) is 0 Å². The summed E-state index contributed by atoms with van der Waals surface area (Å²) in [7, 11) is 0. The van der Waals surface area contributed by atoms with Gasteiger partial charge in [0, 0.05) is 11.6 Å². The summed E-state index contributed by atoms with van der Waals surface area (Å²) in [6, 6.07) is 10.00. The molecule has 3 rings (SSSR count). The van der Waals surface area contributed by atoms with E-state index in [1.807, 2.05) is 12.1 Å². The summed E-state index contributed by atoms with van der Waals surface area (Å²) >= 11 is 5.23. The molecule has 0 bridgehead atoms. The van der Waals surface area contributed by atoms with Crippen LogP contribution in [0.15, 0.2) is 24.3 Å². The van der Waals surface area contributed by atoms with Gasteiger partial charge in [-0.15, -0.1) is 0 Å². The molecule has 0 saturated heterocycles. The highest BCUT2D eigenvalue weighted by Crippen LogP contribution is 2.37. The molecule has 0 amide bonds. The number of hydrogen-bond acceptors (Lipinski definition) is 3. The number of rotatable bonds is 2. The van der Waals surface area contributed by atoms with E-state index in [-0.39, 0.29) is 0 Å². The molecule has 0 atom stereocenters. The molecule has 1 aromatic heterocycles. The first kappa shape index (κ1) is 10.2. The van der Waals surface area contributed by atoms with Gasteiger partial charge in [-0.25, -0.2) is 0 Å². The van der Waals surface area contributed by atoms with Crippen molar-refractivity contribution in [2.45, 2.75) is 18.9 Å². The number of hydrogen-bond donors (Lipinski definition) is 1. The Morgan fingerprint density at radius 2 is 2.06 bits per heavy atom. The molecule has 5 heteroatoms. The highest BCUT2D eigenvalue weighted by Gasteiger charge is 2.27. The van der Waals surface area contributed by atoms with Crippen molar-refractivity contribution >= 4 is 12.2 Å². The predicted molar refractivity (Wildman–Crippen MR) is 65.8 cm³/mol. The second-order valence-electron chi connectivity index (χ2n) is 4.14. The first-order chi connectivity index (χ1) is 8.29. The van der Waals surface area contributed by atoms with Gasteiger partial charge in [-0.05, 0) is 49.3 Å². The summed E-state index contributed by atoms with van der Waals surface area (Å²) in [5.41, 5.74) is 1.64. The molecule has 84 valence electrons. The molecular weight excluding hydrogens is 232 g/mol. The monoisotopic (exact) mass is 242 g/mol. The fourth-order valence-electron chi connectivity index (χ4n) is 1.87. The Kier molecular flexibility index (Phi) is 2.30. The summed E-state index contributed by atoms with van der Waals surface area (Å²) in [5.74, 6) is 0.863. The molecule has 1 aliphatic rings. The van der Waals surface area contributed by atoms with Gasteiger partial charge in [0.25, 0.3) is 0 Å². The van der Waals surface area contributed by atoms with E-state index in [1.165, 1.54) is 0 Å². The van der Waals surface area contributed by atoms with E-state index in [1.54, 1.807) is 12.1 Å². The number of aromatic amines is 1. The third-order valence-corrected chi connectivity index (χ3v) is 3.18. The average molecular weight is 242 g/mol. The molecule has 0 aliphatic heterocycles. The second kappa shape index (κ2) is 3.82. The van der Waals surface area contributed by atoms with Crippen LogP contribution in [-0.2, 0) is 0 Å². The van der Waals surface area contributed by atoms with Crippen LogP contribution in [0, 0.1) is 16.1 Å². The highest BCUT2D eigenvalue weighted by molar-refractivity contribution is 7.71. The molecule has 2 aromatic rings. The van der Waals surface area contributed by atoms with E-state index in [0.29, 0.717) is 16.4 Å². The van der Waals surface area contributed by atoms with E-state index < -0.39 is 0 Å². The topological polar surface area (TPSA) is 57.4 Å². The van der Waals surface area contributed by atoms with E-state index in [0.717, 1.165) is 24.2 Å². The van der Waals surface area contributed by atoms with E-state index in [9.17, 15) is 0 Å². The molecule has 1 saturated carbocycles. The van der Waals surface area contributed by atoms with Gasteiger partial charge in [-0.2, -0.15) is 10.4 Å². The van der Waals surface area contributed by atoms with Gasteiger partial charge in [0.15, 0.2) is 10.6 Å². The number of nitrogens with zero attached hydrogens (tertiary/aromatic N) is 3. The van der Waals surface area contributed by atoms with Crippen LogP contribution in [0.3, 0.4) is 0 Å². The molecule has 4 nitrogen and oxygen atoms in total. The molecule has 17 heavy (non-hydrogen) atoms. The zero-order chi connectivity index (χ0) is 11.8. The van der Waals surface area contributed by atoms with Crippen molar-refractivity contribution < 1.29 is 0 Å². The Bertz CT molecular complexity index is 640. The summed E-state index contributed by atoms with van der Waals surface area (Å²) in [5, 5.41) is 15.9. The number of aromatic nitrogens is 3. The zero-order valence-corrected chi connectivity index (χ0v) is 9.87. The Labute approximate surface area is 104 Å². The zero-order valence-electron chi connectivity index (χ0n) is 9.05. The first-order valence-corrected chi connectivity index (χ1v) is 5.88. The normalized spacial score (nSPS) is 14.5. The predicted octanol–water partition coefficient (Wildman–Crippen LogP) is 2.81. The minimum Gasteiger partial charge on any atom is -0.297 e. The molecule has 1 aromatic carbocycles. The molecule has 0 unspecified atom stereocenters. The number of nitriles is 1. The quantitative estimate of drug-likeness (QED) is 0.824. The van der Waals surface area contributed by atoms with Crippen molar-refractivity contribution in [3.05, 3.63) is 34.6 Å². The van der Waals surface area contributed by atoms with Crippen molar-refractivity contribution in [1.82, 2.24) is 14.8 Å². The fraction of sp³-hybridized carbons (Fsp3) is 0.250. The maximum Gasteiger partial charge on any atom is 0.195 e. The summed E-state index contributed by atoms with van der Waals surface area (Å²) in [6.07, 6.45) is 2.33. The van der Waals surface area contributed by atoms with Gasteiger partial charge in [0.2, 0.25) is 0 Å². The SMILES string of the molecule is N#Cc1ccc(-c2n[nH]c(=S)n2C2CC2)cc1. The number of benzene rings is 1. The lowest BCUT2D eigenvalue weighted by Gasteiger charge is -2.04. The smallest absolute Gasteiger partial charge is 0.195 e. The lowest BCUT2D eigenvalue weighted by Crippen LogP contribution is -1.97. The van der Waals surface area contributed by atoms with E-state index in [2.05, 4.69) is 20.8 Å². The Morgan fingerprint density at radius 1 is 1.35 bits per heavy atom. The minimum absolute atomic E-state index is 0.492. The van der Waals surface area contributed by atoms with Gasteiger partial charge in [0.05, 0.1) is 11.6 Å². The summed E-state index contributed by atoms with van der Waals surface area (Å²) < 4.78 is 2.74. The molecule has 1 heterocycles. The van der Waals surface area contributed by atoms with Crippen molar-refractivity contribution in [2.75, 3.05) is 0 Å². The average Bonchev–Trinajstić information content (AvgIpc) is 3.13. The van der Waals surface area contributed by atoms with E-state index >= 15 is 0 Å². The van der Waals surface area contributed by atoms with Crippen molar-refractivity contribution in [1.29, 1.82) is 5.26 Å². The van der Waals surface area contributed by atoms with E-state index in [4.69, 9.17) is 17.5 Å². The highest BCUT2D eigenvalue weighted by atomic mass is 32.1. The van der Waals surface area contributed by atoms with Crippen LogP contribution in [0.2, 0.25) is 0 Å². The number of nitrogens with one attached hydrogen (secondary N) is 1. The summed E-state index contributed by atoms with van der Waals surface area (Å²) in [6.45, 7) is 0. The minimum atomic E-state index is 0.492. The van der Waals surface area contributed by atoms with Crippen LogP contribution in [0.25, 0.3) is 11.4 Å². The van der Waals surface area contributed by atoms with Gasteiger partial charge in [-0.3, -0.25) is 9.67 Å². The molecule has 1 aliphatic carbocycles. The van der Waals surface area contributed by atoms with Gasteiger partial charge in [0.1, 0.15) is 0 Å². The van der Waals surface area contributed by atoms with Crippen LogP contribution in [0.1, 0.15) is 24.4 Å². The van der Waals surface area contributed by atoms with Crippen LogP contribution in [-0.4, -0.2) is 14.8 Å².